The molecule has 0 aliphatic heterocycles. The van der Waals surface area contributed by atoms with E-state index in [4.69, 9.17) is 4.74 Å². The molecule has 1 aliphatic rings. The lowest BCUT2D eigenvalue weighted by Crippen LogP contribution is -2.25. The van der Waals surface area contributed by atoms with Crippen molar-refractivity contribution >= 4 is 0 Å². The Labute approximate surface area is 123 Å². The fraction of sp³-hybridized carbons (Fsp3) is 0.647. The highest BCUT2D eigenvalue weighted by Crippen LogP contribution is 2.31. The third-order valence-electron chi connectivity index (χ3n) is 4.29. The number of nitrogens with one attached hydrogen (secondary N) is 1. The molecule has 1 aromatic carbocycles. The van der Waals surface area contributed by atoms with Crippen LogP contribution in [0.5, 0.6) is 5.75 Å². The minimum absolute atomic E-state index is 0.373. The predicted octanol–water partition coefficient (Wildman–Crippen LogP) is 3.21. The molecule has 0 amide bonds. The van der Waals surface area contributed by atoms with Crippen molar-refractivity contribution in [2.75, 3.05) is 27.2 Å². The van der Waals surface area contributed by atoms with Crippen molar-refractivity contribution in [1.29, 1.82) is 0 Å². The first-order valence-corrected chi connectivity index (χ1v) is 7.74. The number of methoxy groups -OCH3 is 1. The maximum absolute atomic E-state index is 5.53. The first kappa shape index (κ1) is 15.3. The lowest BCUT2D eigenvalue weighted by atomic mass is 10.0. The fourth-order valence-electron chi connectivity index (χ4n) is 2.57. The van der Waals surface area contributed by atoms with Crippen LogP contribution in [0.3, 0.4) is 0 Å². The first-order valence-electron chi connectivity index (χ1n) is 7.74. The highest BCUT2D eigenvalue weighted by Gasteiger charge is 2.24. The zero-order chi connectivity index (χ0) is 14.5. The van der Waals surface area contributed by atoms with Crippen molar-refractivity contribution in [3.05, 3.63) is 29.3 Å². The summed E-state index contributed by atoms with van der Waals surface area (Å²) >= 11 is 0. The molecule has 0 spiro atoms. The van der Waals surface area contributed by atoms with Crippen LogP contribution in [0.2, 0.25) is 0 Å². The molecule has 1 fully saturated rings. The van der Waals surface area contributed by atoms with E-state index in [9.17, 15) is 0 Å². The van der Waals surface area contributed by atoms with Gasteiger partial charge in [-0.25, -0.2) is 0 Å². The van der Waals surface area contributed by atoms with Gasteiger partial charge in [0.2, 0.25) is 0 Å². The average molecular weight is 276 g/mol. The Morgan fingerprint density at radius 3 is 2.70 bits per heavy atom. The normalized spacial score (nSPS) is 16.4. The Hall–Kier alpha value is -1.06. The minimum atomic E-state index is 0.373. The van der Waals surface area contributed by atoms with Crippen molar-refractivity contribution in [2.24, 2.45) is 5.92 Å². The van der Waals surface area contributed by atoms with Gasteiger partial charge in [-0.1, -0.05) is 13.0 Å². The second kappa shape index (κ2) is 7.09. The molecule has 3 heteroatoms. The molecule has 2 rings (SSSR count). The number of hydrogen-bond acceptors (Lipinski definition) is 3. The Morgan fingerprint density at radius 1 is 1.40 bits per heavy atom. The molecule has 3 nitrogen and oxygen atoms in total. The molecule has 0 radical (unpaired) electrons. The average Bonchev–Trinajstić information content (AvgIpc) is 3.29. The summed E-state index contributed by atoms with van der Waals surface area (Å²) in [5, 5.41) is 3.30. The maximum Gasteiger partial charge on any atom is 0.123 e. The molecule has 1 atom stereocenters. The van der Waals surface area contributed by atoms with Crippen LogP contribution in [0.25, 0.3) is 0 Å². The molecular weight excluding hydrogens is 248 g/mol. The van der Waals surface area contributed by atoms with E-state index in [0.717, 1.165) is 24.8 Å². The van der Waals surface area contributed by atoms with Gasteiger partial charge >= 0.3 is 0 Å². The zero-order valence-corrected chi connectivity index (χ0v) is 13.3. The first-order chi connectivity index (χ1) is 9.67. The molecule has 1 unspecified atom stereocenters. The maximum atomic E-state index is 5.53. The number of ether oxygens (including phenoxy) is 1. The molecule has 0 heterocycles. The summed E-state index contributed by atoms with van der Waals surface area (Å²) in [7, 11) is 3.76. The second-order valence-corrected chi connectivity index (χ2v) is 5.85. The number of nitrogens with zero attached hydrogens (tertiary/aromatic N) is 1. The van der Waals surface area contributed by atoms with Crippen LogP contribution >= 0.6 is 0 Å². The lowest BCUT2D eigenvalue weighted by molar-refractivity contribution is 0.263. The third-order valence-corrected chi connectivity index (χ3v) is 4.29. The molecule has 0 aromatic heterocycles. The van der Waals surface area contributed by atoms with Gasteiger partial charge in [0.05, 0.1) is 7.11 Å². The van der Waals surface area contributed by atoms with Crippen molar-refractivity contribution < 1.29 is 4.74 Å². The van der Waals surface area contributed by atoms with Gasteiger partial charge in [-0.05, 0) is 57.0 Å². The van der Waals surface area contributed by atoms with E-state index in [-0.39, 0.29) is 0 Å². The van der Waals surface area contributed by atoms with Gasteiger partial charge in [0.15, 0.2) is 0 Å². The summed E-state index contributed by atoms with van der Waals surface area (Å²) in [6, 6.07) is 6.91. The lowest BCUT2D eigenvalue weighted by Gasteiger charge is -2.22. The number of hydrogen-bond donors (Lipinski definition) is 1. The van der Waals surface area contributed by atoms with E-state index in [1.54, 1.807) is 7.11 Å². The summed E-state index contributed by atoms with van der Waals surface area (Å²) < 4.78 is 5.53. The Balaban J connectivity index is 2.13. The van der Waals surface area contributed by atoms with Crippen molar-refractivity contribution in [1.82, 2.24) is 10.2 Å². The summed E-state index contributed by atoms with van der Waals surface area (Å²) in [6.45, 7) is 7.75. The van der Waals surface area contributed by atoms with Gasteiger partial charge < -0.3 is 10.1 Å². The quantitative estimate of drug-likeness (QED) is 0.789. The van der Waals surface area contributed by atoms with Crippen LogP contribution in [0.1, 0.15) is 43.9 Å². The summed E-state index contributed by atoms with van der Waals surface area (Å²) in [5.74, 6) is 1.94. The Morgan fingerprint density at radius 2 is 2.15 bits per heavy atom. The molecule has 1 aromatic rings. The van der Waals surface area contributed by atoms with Gasteiger partial charge in [0.1, 0.15) is 5.75 Å². The standard InChI is InChI=1S/C17H28N2O/c1-5-19(11-14-6-7-14)12-16-10-15(13(2)18-3)8-9-17(16)20-4/h8-10,13-14,18H,5-7,11-12H2,1-4H3. The van der Waals surface area contributed by atoms with Crippen LogP contribution in [0.4, 0.5) is 0 Å². The number of benzene rings is 1. The van der Waals surface area contributed by atoms with Crippen molar-refractivity contribution in [3.63, 3.8) is 0 Å². The van der Waals surface area contributed by atoms with E-state index >= 15 is 0 Å². The molecular formula is C17H28N2O. The molecule has 0 bridgehead atoms. The molecule has 112 valence electrons. The van der Waals surface area contributed by atoms with E-state index in [2.05, 4.69) is 42.3 Å². The predicted molar refractivity (Wildman–Crippen MR) is 84.1 cm³/mol. The van der Waals surface area contributed by atoms with Gasteiger partial charge in [0, 0.05) is 24.7 Å². The highest BCUT2D eigenvalue weighted by molar-refractivity contribution is 5.38. The van der Waals surface area contributed by atoms with E-state index in [1.165, 1.54) is 30.5 Å². The summed E-state index contributed by atoms with van der Waals surface area (Å²) in [4.78, 5) is 2.53. The van der Waals surface area contributed by atoms with E-state index in [1.807, 2.05) is 7.05 Å². The van der Waals surface area contributed by atoms with Crippen molar-refractivity contribution in [2.45, 2.75) is 39.3 Å². The van der Waals surface area contributed by atoms with Gasteiger partial charge in [-0.3, -0.25) is 4.90 Å². The minimum Gasteiger partial charge on any atom is -0.496 e. The monoisotopic (exact) mass is 276 g/mol. The molecule has 0 saturated heterocycles. The van der Waals surface area contributed by atoms with Gasteiger partial charge in [0.25, 0.3) is 0 Å². The number of rotatable bonds is 8. The third kappa shape index (κ3) is 3.97. The van der Waals surface area contributed by atoms with Crippen LogP contribution in [-0.4, -0.2) is 32.1 Å². The van der Waals surface area contributed by atoms with Crippen LogP contribution in [0.15, 0.2) is 18.2 Å². The smallest absolute Gasteiger partial charge is 0.123 e. The summed E-state index contributed by atoms with van der Waals surface area (Å²) in [6.07, 6.45) is 2.81. The largest absolute Gasteiger partial charge is 0.496 e. The van der Waals surface area contributed by atoms with Crippen LogP contribution in [0, 0.1) is 5.92 Å². The molecule has 1 N–H and O–H groups in total. The van der Waals surface area contributed by atoms with Gasteiger partial charge in [-0.2, -0.15) is 0 Å². The summed E-state index contributed by atoms with van der Waals surface area (Å²) in [5.41, 5.74) is 2.63. The second-order valence-electron chi connectivity index (χ2n) is 5.85. The zero-order valence-electron chi connectivity index (χ0n) is 13.3. The SMILES string of the molecule is CCN(Cc1cc(C(C)NC)ccc1OC)CC1CC1. The van der Waals surface area contributed by atoms with Gasteiger partial charge in [-0.15, -0.1) is 0 Å². The Bertz CT molecular complexity index is 429. The van der Waals surface area contributed by atoms with Crippen molar-refractivity contribution in [3.8, 4) is 5.75 Å². The fourth-order valence-corrected chi connectivity index (χ4v) is 2.57. The van der Waals surface area contributed by atoms with E-state index in [0.29, 0.717) is 6.04 Å². The van der Waals surface area contributed by atoms with Crippen LogP contribution < -0.4 is 10.1 Å². The Kier molecular flexibility index (Phi) is 5.44. The van der Waals surface area contributed by atoms with Crippen LogP contribution in [-0.2, 0) is 6.54 Å². The molecule has 1 saturated carbocycles. The molecule has 20 heavy (non-hydrogen) atoms. The molecule has 1 aliphatic carbocycles. The highest BCUT2D eigenvalue weighted by atomic mass is 16.5. The van der Waals surface area contributed by atoms with E-state index < -0.39 is 0 Å². The topological polar surface area (TPSA) is 24.5 Å².